The van der Waals surface area contributed by atoms with Gasteiger partial charge in [0.2, 0.25) is 10.0 Å². The Kier molecular flexibility index (Phi) is 4.76. The molecule has 0 aliphatic carbocycles. The monoisotopic (exact) mass is 394 g/mol. The van der Waals surface area contributed by atoms with Crippen LogP contribution in [0.25, 0.3) is 16.7 Å². The van der Waals surface area contributed by atoms with Crippen LogP contribution in [0.2, 0.25) is 0 Å². The molecular weight excluding hydrogens is 376 g/mol. The predicted octanol–water partition coefficient (Wildman–Crippen LogP) is 2.34. The number of para-hydroxylation sites is 1. The number of sulfonamides is 1. The van der Waals surface area contributed by atoms with Crippen molar-refractivity contribution in [1.82, 2.24) is 24.5 Å². The van der Waals surface area contributed by atoms with Crippen molar-refractivity contribution in [1.29, 1.82) is 0 Å². The molecule has 0 aliphatic heterocycles. The van der Waals surface area contributed by atoms with E-state index in [1.807, 2.05) is 36.4 Å². The van der Waals surface area contributed by atoms with Gasteiger partial charge in [-0.25, -0.2) is 27.8 Å². The van der Waals surface area contributed by atoms with Crippen molar-refractivity contribution in [3.8, 4) is 5.69 Å². The van der Waals surface area contributed by atoms with Crippen molar-refractivity contribution in [2.24, 2.45) is 0 Å². The average molecular weight is 394 g/mol. The van der Waals surface area contributed by atoms with E-state index in [9.17, 15) is 8.42 Å². The standard InChI is InChI=1S/C19H18N6O2S/c1-20-28(26,27)16-9-5-6-14(10-16)11-21-18-17-12-24-25(19(17)23-13-22-18)15-7-3-2-4-8-15/h2-10,12-13,20H,11H2,1H3,(H,21,22,23). The van der Waals surface area contributed by atoms with Crippen molar-refractivity contribution in [3.63, 3.8) is 0 Å². The topological polar surface area (TPSA) is 102 Å². The molecule has 142 valence electrons. The smallest absolute Gasteiger partial charge is 0.240 e. The van der Waals surface area contributed by atoms with Crippen molar-refractivity contribution < 1.29 is 8.42 Å². The van der Waals surface area contributed by atoms with Crippen LogP contribution in [0.15, 0.2) is 72.0 Å². The molecule has 0 aliphatic rings. The van der Waals surface area contributed by atoms with Gasteiger partial charge in [0.1, 0.15) is 12.1 Å². The molecule has 0 fully saturated rings. The fourth-order valence-corrected chi connectivity index (χ4v) is 3.67. The highest BCUT2D eigenvalue weighted by molar-refractivity contribution is 7.89. The van der Waals surface area contributed by atoms with Crippen molar-refractivity contribution in [2.75, 3.05) is 12.4 Å². The van der Waals surface area contributed by atoms with Crippen LogP contribution < -0.4 is 10.0 Å². The molecule has 2 N–H and O–H groups in total. The first-order chi connectivity index (χ1) is 13.6. The Labute approximate surface area is 162 Å². The minimum absolute atomic E-state index is 0.221. The lowest BCUT2D eigenvalue weighted by Gasteiger charge is -2.09. The van der Waals surface area contributed by atoms with Crippen LogP contribution in [0.4, 0.5) is 5.82 Å². The molecule has 4 aromatic rings. The normalized spacial score (nSPS) is 11.6. The quantitative estimate of drug-likeness (QED) is 0.520. The van der Waals surface area contributed by atoms with Gasteiger partial charge >= 0.3 is 0 Å². The third-order valence-electron chi connectivity index (χ3n) is 4.30. The number of fused-ring (bicyclic) bond motifs is 1. The van der Waals surface area contributed by atoms with Crippen LogP contribution in [0.3, 0.4) is 0 Å². The molecule has 0 saturated carbocycles. The highest BCUT2D eigenvalue weighted by atomic mass is 32.2. The molecule has 4 rings (SSSR count). The van der Waals surface area contributed by atoms with Gasteiger partial charge in [-0.05, 0) is 36.9 Å². The minimum atomic E-state index is -3.48. The van der Waals surface area contributed by atoms with E-state index >= 15 is 0 Å². The molecule has 2 aromatic heterocycles. The van der Waals surface area contributed by atoms with Crippen LogP contribution in [0.1, 0.15) is 5.56 Å². The number of aromatic nitrogens is 4. The van der Waals surface area contributed by atoms with Crippen LogP contribution in [-0.4, -0.2) is 35.2 Å². The SMILES string of the molecule is CNS(=O)(=O)c1cccc(CNc2ncnc3c2cnn3-c2ccccc2)c1. The lowest BCUT2D eigenvalue weighted by Crippen LogP contribution is -2.18. The number of anilines is 1. The Bertz CT molecular complexity index is 1220. The average Bonchev–Trinajstić information content (AvgIpc) is 3.18. The third-order valence-corrected chi connectivity index (χ3v) is 5.72. The summed E-state index contributed by atoms with van der Waals surface area (Å²) < 4.78 is 28.0. The summed E-state index contributed by atoms with van der Waals surface area (Å²) in [6, 6.07) is 16.5. The Morgan fingerprint density at radius 2 is 1.86 bits per heavy atom. The molecule has 0 amide bonds. The third kappa shape index (κ3) is 3.45. The zero-order chi connectivity index (χ0) is 19.6. The number of nitrogens with one attached hydrogen (secondary N) is 2. The van der Waals surface area contributed by atoms with Crippen LogP contribution >= 0.6 is 0 Å². The zero-order valence-electron chi connectivity index (χ0n) is 15.1. The first-order valence-corrected chi connectivity index (χ1v) is 10.1. The van der Waals surface area contributed by atoms with Gasteiger partial charge in [0.15, 0.2) is 5.65 Å². The number of nitrogens with zero attached hydrogens (tertiary/aromatic N) is 4. The zero-order valence-corrected chi connectivity index (χ0v) is 15.9. The number of hydrogen-bond acceptors (Lipinski definition) is 6. The van der Waals surface area contributed by atoms with Gasteiger partial charge in [0.05, 0.1) is 22.2 Å². The Morgan fingerprint density at radius 3 is 2.64 bits per heavy atom. The van der Waals surface area contributed by atoms with Crippen LogP contribution in [-0.2, 0) is 16.6 Å². The molecule has 28 heavy (non-hydrogen) atoms. The highest BCUT2D eigenvalue weighted by Crippen LogP contribution is 2.22. The van der Waals surface area contributed by atoms with Crippen LogP contribution in [0, 0.1) is 0 Å². The van der Waals surface area contributed by atoms with Crippen molar-refractivity contribution in [3.05, 3.63) is 72.7 Å². The second-order valence-corrected chi connectivity index (χ2v) is 7.95. The molecule has 9 heteroatoms. The first-order valence-electron chi connectivity index (χ1n) is 8.59. The molecule has 0 saturated heterocycles. The molecule has 0 unspecified atom stereocenters. The van der Waals surface area contributed by atoms with Gasteiger partial charge in [-0.1, -0.05) is 30.3 Å². The van der Waals surface area contributed by atoms with E-state index in [-0.39, 0.29) is 4.90 Å². The van der Waals surface area contributed by atoms with E-state index in [1.54, 1.807) is 29.1 Å². The second kappa shape index (κ2) is 7.37. The lowest BCUT2D eigenvalue weighted by molar-refractivity contribution is 0.588. The second-order valence-electron chi connectivity index (χ2n) is 6.06. The molecule has 2 heterocycles. The largest absolute Gasteiger partial charge is 0.365 e. The lowest BCUT2D eigenvalue weighted by atomic mass is 10.2. The van der Waals surface area contributed by atoms with E-state index in [1.165, 1.54) is 13.4 Å². The Hall–Kier alpha value is -3.30. The molecule has 0 spiro atoms. The van der Waals surface area contributed by atoms with Crippen molar-refractivity contribution in [2.45, 2.75) is 11.4 Å². The summed E-state index contributed by atoms with van der Waals surface area (Å²) >= 11 is 0. The van der Waals surface area contributed by atoms with E-state index in [0.717, 1.165) is 16.6 Å². The molecule has 0 atom stereocenters. The van der Waals surface area contributed by atoms with Crippen LogP contribution in [0.5, 0.6) is 0 Å². The van der Waals surface area contributed by atoms with Gasteiger partial charge in [-0.2, -0.15) is 5.10 Å². The molecule has 0 radical (unpaired) electrons. The van der Waals surface area contributed by atoms with Crippen molar-refractivity contribution >= 4 is 26.9 Å². The Morgan fingerprint density at radius 1 is 1.04 bits per heavy atom. The maximum atomic E-state index is 12.0. The summed E-state index contributed by atoms with van der Waals surface area (Å²) in [5, 5.41) is 8.45. The van der Waals surface area contributed by atoms with E-state index in [0.29, 0.717) is 18.0 Å². The maximum absolute atomic E-state index is 12.0. The van der Waals surface area contributed by atoms with E-state index in [4.69, 9.17) is 0 Å². The molecule has 0 bridgehead atoms. The molecule has 8 nitrogen and oxygen atoms in total. The summed E-state index contributed by atoms with van der Waals surface area (Å²) in [6.07, 6.45) is 3.19. The maximum Gasteiger partial charge on any atom is 0.240 e. The Balaban J connectivity index is 1.62. The van der Waals surface area contributed by atoms with Gasteiger partial charge in [0, 0.05) is 6.54 Å². The van der Waals surface area contributed by atoms with E-state index < -0.39 is 10.0 Å². The predicted molar refractivity (Wildman–Crippen MR) is 107 cm³/mol. The molecule has 2 aromatic carbocycles. The van der Waals surface area contributed by atoms with Gasteiger partial charge < -0.3 is 5.32 Å². The summed E-state index contributed by atoms with van der Waals surface area (Å²) in [7, 11) is -2.09. The highest BCUT2D eigenvalue weighted by Gasteiger charge is 2.13. The summed E-state index contributed by atoms with van der Waals surface area (Å²) in [4.78, 5) is 8.88. The number of hydrogen-bond donors (Lipinski definition) is 2. The van der Waals surface area contributed by atoms with Gasteiger partial charge in [-0.3, -0.25) is 0 Å². The summed E-state index contributed by atoms with van der Waals surface area (Å²) in [5.74, 6) is 0.633. The number of benzene rings is 2. The van der Waals surface area contributed by atoms with Gasteiger partial charge in [0.25, 0.3) is 0 Å². The first kappa shape index (κ1) is 18.1. The summed E-state index contributed by atoms with van der Waals surface area (Å²) in [5.41, 5.74) is 2.42. The fraction of sp³-hybridized carbons (Fsp3) is 0.105. The van der Waals surface area contributed by atoms with Gasteiger partial charge in [-0.15, -0.1) is 0 Å². The fourth-order valence-electron chi connectivity index (χ4n) is 2.87. The minimum Gasteiger partial charge on any atom is -0.365 e. The summed E-state index contributed by atoms with van der Waals surface area (Å²) in [6.45, 7) is 0.412. The van der Waals surface area contributed by atoms with E-state index in [2.05, 4.69) is 25.1 Å². The molecular formula is C19H18N6O2S. The number of rotatable bonds is 6.